The molecular weight excluding hydrogens is 250 g/mol. The second-order valence-corrected chi connectivity index (χ2v) is 5.50. The summed E-state index contributed by atoms with van der Waals surface area (Å²) in [7, 11) is 0. The fourth-order valence-corrected chi connectivity index (χ4v) is 1.93. The van der Waals surface area contributed by atoms with Crippen LogP contribution in [0.3, 0.4) is 0 Å². The minimum atomic E-state index is 0.467. The molecule has 3 heteroatoms. The first-order valence-corrected chi connectivity index (χ1v) is 7.10. The molecule has 0 spiro atoms. The topological polar surface area (TPSA) is 34.4 Å². The predicted octanol–water partition coefficient (Wildman–Crippen LogP) is 3.91. The summed E-state index contributed by atoms with van der Waals surface area (Å²) >= 11 is 0. The van der Waals surface area contributed by atoms with E-state index < -0.39 is 0 Å². The highest BCUT2D eigenvalue weighted by molar-refractivity contribution is 5.26. The van der Waals surface area contributed by atoms with Gasteiger partial charge in [0.25, 0.3) is 0 Å². The molecule has 1 aromatic carbocycles. The average molecular weight is 273 g/mol. The van der Waals surface area contributed by atoms with Crippen LogP contribution < -0.4 is 10.1 Å². The van der Waals surface area contributed by atoms with E-state index in [0.29, 0.717) is 12.5 Å². The van der Waals surface area contributed by atoms with Crippen LogP contribution in [0.25, 0.3) is 0 Å². The van der Waals surface area contributed by atoms with Crippen molar-refractivity contribution in [3.8, 4) is 5.75 Å². The summed E-state index contributed by atoms with van der Waals surface area (Å²) in [6.45, 7) is 8.75. The molecule has 0 saturated heterocycles. The van der Waals surface area contributed by atoms with E-state index in [2.05, 4.69) is 26.1 Å². The van der Waals surface area contributed by atoms with Crippen molar-refractivity contribution >= 4 is 0 Å². The number of rotatable bonds is 7. The number of hydrogen-bond donors (Lipinski definition) is 1. The third-order valence-electron chi connectivity index (χ3n) is 3.10. The zero-order valence-corrected chi connectivity index (χ0v) is 12.5. The quantitative estimate of drug-likeness (QED) is 0.830. The van der Waals surface area contributed by atoms with E-state index >= 15 is 0 Å². The average Bonchev–Trinajstić information content (AvgIpc) is 2.85. The third-order valence-corrected chi connectivity index (χ3v) is 3.10. The molecule has 0 aliphatic rings. The van der Waals surface area contributed by atoms with Crippen molar-refractivity contribution in [2.75, 3.05) is 6.54 Å². The van der Waals surface area contributed by atoms with Crippen LogP contribution in [0.15, 0.2) is 41.0 Å². The van der Waals surface area contributed by atoms with Gasteiger partial charge in [-0.1, -0.05) is 31.5 Å². The van der Waals surface area contributed by atoms with Crippen LogP contribution in [-0.4, -0.2) is 6.54 Å². The summed E-state index contributed by atoms with van der Waals surface area (Å²) in [5, 5.41) is 3.42. The first-order chi connectivity index (χ1) is 9.65. The molecule has 1 N–H and O–H groups in total. The summed E-state index contributed by atoms with van der Waals surface area (Å²) in [5.74, 6) is 2.41. The SMILES string of the molecule is Cc1ccc(OCc2occc2CNCC(C)C)cc1. The van der Waals surface area contributed by atoms with Crippen molar-refractivity contribution < 1.29 is 9.15 Å². The highest BCUT2D eigenvalue weighted by atomic mass is 16.5. The third kappa shape index (κ3) is 4.42. The van der Waals surface area contributed by atoms with Crippen LogP contribution in [0, 0.1) is 12.8 Å². The number of nitrogens with one attached hydrogen (secondary N) is 1. The number of furan rings is 1. The van der Waals surface area contributed by atoms with Gasteiger partial charge in [0.1, 0.15) is 18.1 Å². The van der Waals surface area contributed by atoms with Gasteiger partial charge in [-0.25, -0.2) is 0 Å². The van der Waals surface area contributed by atoms with Crippen LogP contribution >= 0.6 is 0 Å². The highest BCUT2D eigenvalue weighted by Crippen LogP contribution is 2.16. The Kier molecular flexibility index (Phi) is 5.24. The molecule has 2 aromatic rings. The molecule has 0 bridgehead atoms. The molecule has 0 atom stereocenters. The lowest BCUT2D eigenvalue weighted by Gasteiger charge is -2.09. The smallest absolute Gasteiger partial charge is 0.146 e. The summed E-state index contributed by atoms with van der Waals surface area (Å²) in [5.41, 5.74) is 2.40. The molecule has 0 aliphatic carbocycles. The first-order valence-electron chi connectivity index (χ1n) is 7.10. The van der Waals surface area contributed by atoms with Crippen molar-refractivity contribution in [1.29, 1.82) is 0 Å². The molecule has 0 amide bonds. The maximum atomic E-state index is 5.75. The van der Waals surface area contributed by atoms with Crippen LogP contribution in [0.1, 0.15) is 30.7 Å². The van der Waals surface area contributed by atoms with Gasteiger partial charge in [0.15, 0.2) is 0 Å². The van der Waals surface area contributed by atoms with Gasteiger partial charge < -0.3 is 14.5 Å². The Balaban J connectivity index is 1.86. The number of benzene rings is 1. The fraction of sp³-hybridized carbons (Fsp3) is 0.412. The molecule has 1 heterocycles. The minimum absolute atomic E-state index is 0.467. The Morgan fingerprint density at radius 3 is 2.60 bits per heavy atom. The summed E-state index contributed by atoms with van der Waals surface area (Å²) < 4.78 is 11.3. The summed E-state index contributed by atoms with van der Waals surface area (Å²) in [6.07, 6.45) is 1.72. The molecule has 20 heavy (non-hydrogen) atoms. The largest absolute Gasteiger partial charge is 0.486 e. The molecule has 0 radical (unpaired) electrons. The predicted molar refractivity (Wildman–Crippen MR) is 80.8 cm³/mol. The van der Waals surface area contributed by atoms with Gasteiger partial charge in [0, 0.05) is 12.1 Å². The second kappa shape index (κ2) is 7.15. The molecule has 0 fully saturated rings. The standard InChI is InChI=1S/C17H23NO2/c1-13(2)10-18-11-15-8-9-19-17(15)12-20-16-6-4-14(3)5-7-16/h4-9,13,18H,10-12H2,1-3H3. The van der Waals surface area contributed by atoms with Crippen LogP contribution in [0.2, 0.25) is 0 Å². The highest BCUT2D eigenvalue weighted by Gasteiger charge is 2.07. The normalized spacial score (nSPS) is 11.0. The van der Waals surface area contributed by atoms with E-state index in [-0.39, 0.29) is 0 Å². The maximum Gasteiger partial charge on any atom is 0.146 e. The van der Waals surface area contributed by atoms with Crippen LogP contribution in [-0.2, 0) is 13.2 Å². The Hall–Kier alpha value is -1.74. The van der Waals surface area contributed by atoms with Crippen LogP contribution in [0.4, 0.5) is 0 Å². The summed E-state index contributed by atoms with van der Waals surface area (Å²) in [4.78, 5) is 0. The lowest BCUT2D eigenvalue weighted by atomic mass is 10.2. The van der Waals surface area contributed by atoms with Crippen molar-refractivity contribution in [1.82, 2.24) is 5.32 Å². The van der Waals surface area contributed by atoms with E-state index in [4.69, 9.17) is 9.15 Å². The first kappa shape index (κ1) is 14.7. The molecule has 0 saturated carbocycles. The molecule has 0 aliphatic heterocycles. The van der Waals surface area contributed by atoms with Gasteiger partial charge in [0.05, 0.1) is 6.26 Å². The number of hydrogen-bond acceptors (Lipinski definition) is 3. The van der Waals surface area contributed by atoms with Gasteiger partial charge in [-0.15, -0.1) is 0 Å². The monoisotopic (exact) mass is 273 g/mol. The van der Waals surface area contributed by atoms with E-state index in [0.717, 1.165) is 30.2 Å². The molecule has 2 rings (SSSR count). The fourth-order valence-electron chi connectivity index (χ4n) is 1.93. The van der Waals surface area contributed by atoms with E-state index in [1.54, 1.807) is 6.26 Å². The number of aryl methyl sites for hydroxylation is 1. The van der Waals surface area contributed by atoms with E-state index in [1.165, 1.54) is 5.56 Å². The zero-order valence-electron chi connectivity index (χ0n) is 12.5. The lowest BCUT2D eigenvalue weighted by Crippen LogP contribution is -2.19. The maximum absolute atomic E-state index is 5.75. The Labute approximate surface area is 121 Å². The molecule has 1 aromatic heterocycles. The van der Waals surface area contributed by atoms with Gasteiger partial charge in [0.2, 0.25) is 0 Å². The minimum Gasteiger partial charge on any atom is -0.486 e. The van der Waals surface area contributed by atoms with Gasteiger partial charge >= 0.3 is 0 Å². The molecule has 3 nitrogen and oxygen atoms in total. The lowest BCUT2D eigenvalue weighted by molar-refractivity contribution is 0.268. The van der Waals surface area contributed by atoms with Gasteiger partial charge in [-0.2, -0.15) is 0 Å². The van der Waals surface area contributed by atoms with Crippen molar-refractivity contribution in [3.05, 3.63) is 53.5 Å². The Morgan fingerprint density at radius 2 is 1.90 bits per heavy atom. The molecule has 108 valence electrons. The van der Waals surface area contributed by atoms with Crippen molar-refractivity contribution in [2.45, 2.75) is 33.9 Å². The van der Waals surface area contributed by atoms with Crippen LogP contribution in [0.5, 0.6) is 5.75 Å². The van der Waals surface area contributed by atoms with Gasteiger partial charge in [-0.05, 0) is 37.6 Å². The molecule has 0 unspecified atom stereocenters. The molecular formula is C17H23NO2. The summed E-state index contributed by atoms with van der Waals surface area (Å²) in [6, 6.07) is 10.1. The zero-order chi connectivity index (χ0) is 14.4. The van der Waals surface area contributed by atoms with Crippen molar-refractivity contribution in [3.63, 3.8) is 0 Å². The van der Waals surface area contributed by atoms with Gasteiger partial charge in [-0.3, -0.25) is 0 Å². The Bertz CT molecular complexity index is 514. The Morgan fingerprint density at radius 1 is 1.15 bits per heavy atom. The second-order valence-electron chi connectivity index (χ2n) is 5.50. The van der Waals surface area contributed by atoms with E-state index in [1.807, 2.05) is 30.3 Å². The number of ether oxygens (including phenoxy) is 1. The van der Waals surface area contributed by atoms with E-state index in [9.17, 15) is 0 Å². The van der Waals surface area contributed by atoms with Crippen molar-refractivity contribution in [2.24, 2.45) is 5.92 Å².